The molecular weight excluding hydrogens is 378 g/mol. The van der Waals surface area contributed by atoms with Crippen molar-refractivity contribution < 1.29 is 14.4 Å². The van der Waals surface area contributed by atoms with Gasteiger partial charge in [-0.2, -0.15) is 0 Å². The van der Waals surface area contributed by atoms with E-state index in [-0.39, 0.29) is 23.9 Å². The minimum atomic E-state index is -0.665. The van der Waals surface area contributed by atoms with E-state index in [1.54, 1.807) is 0 Å². The fourth-order valence-corrected chi connectivity index (χ4v) is 5.36. The third-order valence-corrected chi connectivity index (χ3v) is 6.98. The number of likely N-dealkylation sites (tertiary alicyclic amines) is 1. The molecule has 2 saturated heterocycles. The van der Waals surface area contributed by atoms with E-state index in [2.05, 4.69) is 36.5 Å². The van der Waals surface area contributed by atoms with Gasteiger partial charge in [-0.25, -0.2) is 4.79 Å². The second-order valence-electron chi connectivity index (χ2n) is 9.15. The summed E-state index contributed by atoms with van der Waals surface area (Å²) in [7, 11) is 0. The molecule has 6 heteroatoms. The summed E-state index contributed by atoms with van der Waals surface area (Å²) in [4.78, 5) is 41.6. The van der Waals surface area contributed by atoms with Gasteiger partial charge < -0.3 is 10.2 Å². The van der Waals surface area contributed by atoms with Crippen LogP contribution < -0.4 is 5.32 Å². The molecule has 1 spiro atoms. The highest BCUT2D eigenvalue weighted by molar-refractivity contribution is 6.07. The molecule has 1 N–H and O–H groups in total. The second-order valence-corrected chi connectivity index (χ2v) is 9.15. The van der Waals surface area contributed by atoms with Crippen LogP contribution in [0.5, 0.6) is 0 Å². The zero-order chi connectivity index (χ0) is 21.1. The van der Waals surface area contributed by atoms with Crippen molar-refractivity contribution in [3.8, 4) is 0 Å². The van der Waals surface area contributed by atoms with Crippen LogP contribution in [0.1, 0.15) is 81.4 Å². The summed E-state index contributed by atoms with van der Waals surface area (Å²) in [5.74, 6) is 0.0379. The van der Waals surface area contributed by atoms with Crippen LogP contribution in [0.25, 0.3) is 0 Å². The molecule has 1 atom stereocenters. The zero-order valence-corrected chi connectivity index (χ0v) is 18.0. The van der Waals surface area contributed by atoms with E-state index >= 15 is 0 Å². The number of aryl methyl sites for hydroxylation is 1. The molecule has 1 aliphatic carbocycles. The van der Waals surface area contributed by atoms with Crippen molar-refractivity contribution in [2.75, 3.05) is 13.1 Å². The Hall–Kier alpha value is -2.37. The van der Waals surface area contributed by atoms with E-state index in [0.29, 0.717) is 19.4 Å². The topological polar surface area (TPSA) is 69.7 Å². The molecule has 2 heterocycles. The lowest BCUT2D eigenvalue weighted by atomic mass is 9.98. The van der Waals surface area contributed by atoms with E-state index in [1.807, 2.05) is 4.90 Å². The molecule has 1 aromatic carbocycles. The summed E-state index contributed by atoms with van der Waals surface area (Å²) < 4.78 is 0. The van der Waals surface area contributed by atoms with Gasteiger partial charge in [-0.05, 0) is 44.6 Å². The zero-order valence-electron chi connectivity index (χ0n) is 18.0. The molecule has 0 bridgehead atoms. The first-order valence-electron chi connectivity index (χ1n) is 11.5. The summed E-state index contributed by atoms with van der Waals surface area (Å²) in [5, 5.41) is 2.91. The number of benzene rings is 1. The molecule has 3 fully saturated rings. The molecule has 30 heavy (non-hydrogen) atoms. The van der Waals surface area contributed by atoms with Crippen LogP contribution in [-0.4, -0.2) is 46.3 Å². The van der Waals surface area contributed by atoms with E-state index in [4.69, 9.17) is 0 Å². The van der Waals surface area contributed by atoms with Crippen LogP contribution in [0.15, 0.2) is 24.3 Å². The van der Waals surface area contributed by atoms with Crippen molar-refractivity contribution in [2.45, 2.75) is 82.7 Å². The van der Waals surface area contributed by atoms with Gasteiger partial charge in [0, 0.05) is 19.5 Å². The summed E-state index contributed by atoms with van der Waals surface area (Å²) in [6, 6.07) is 8.29. The number of urea groups is 1. The van der Waals surface area contributed by atoms with Crippen LogP contribution in [0.3, 0.4) is 0 Å². The first-order valence-corrected chi connectivity index (χ1v) is 11.5. The first kappa shape index (κ1) is 20.9. The van der Waals surface area contributed by atoms with Gasteiger partial charge in [0.25, 0.3) is 5.91 Å². The lowest BCUT2D eigenvalue weighted by Gasteiger charge is -2.31. The Bertz CT molecular complexity index is 816. The van der Waals surface area contributed by atoms with Crippen LogP contribution in [-0.2, 0) is 9.59 Å². The van der Waals surface area contributed by atoms with Gasteiger partial charge in [-0.1, -0.05) is 55.5 Å². The fraction of sp³-hybridized carbons (Fsp3) is 0.625. The number of imide groups is 1. The van der Waals surface area contributed by atoms with Gasteiger partial charge >= 0.3 is 6.03 Å². The van der Waals surface area contributed by atoms with Gasteiger partial charge in [0.05, 0.1) is 6.04 Å². The number of hydrogen-bond acceptors (Lipinski definition) is 3. The molecule has 4 rings (SSSR count). The van der Waals surface area contributed by atoms with Crippen molar-refractivity contribution in [3.05, 3.63) is 35.4 Å². The number of carbonyl (C=O) groups excluding carboxylic acids is 3. The maximum absolute atomic E-state index is 13.1. The number of nitrogens with zero attached hydrogens (tertiary/aromatic N) is 2. The van der Waals surface area contributed by atoms with Crippen molar-refractivity contribution in [2.24, 2.45) is 0 Å². The molecular formula is C24H33N3O3. The maximum Gasteiger partial charge on any atom is 0.325 e. The summed E-state index contributed by atoms with van der Waals surface area (Å²) in [6.45, 7) is 3.19. The highest BCUT2D eigenvalue weighted by Crippen LogP contribution is 2.35. The van der Waals surface area contributed by atoms with Crippen LogP contribution in [0, 0.1) is 6.92 Å². The normalized spacial score (nSPS) is 23.7. The Labute approximate surface area is 179 Å². The van der Waals surface area contributed by atoms with Gasteiger partial charge in [-0.15, -0.1) is 0 Å². The summed E-state index contributed by atoms with van der Waals surface area (Å²) in [6.07, 6.45) is 8.62. The van der Waals surface area contributed by atoms with Crippen LogP contribution >= 0.6 is 0 Å². The van der Waals surface area contributed by atoms with E-state index in [0.717, 1.165) is 57.9 Å². The SMILES string of the molecule is Cc1cccc(C2CCCCCN2C(=O)CCCN2C(=O)NC3(CCCC3)C2=O)c1. The Kier molecular flexibility index (Phi) is 6.11. The number of amides is 4. The van der Waals surface area contributed by atoms with E-state index in [9.17, 15) is 14.4 Å². The quantitative estimate of drug-likeness (QED) is 0.742. The Morgan fingerprint density at radius 3 is 2.70 bits per heavy atom. The molecule has 0 aromatic heterocycles. The number of nitrogens with one attached hydrogen (secondary N) is 1. The average molecular weight is 412 g/mol. The number of hydrogen-bond donors (Lipinski definition) is 1. The highest BCUT2D eigenvalue weighted by Gasteiger charge is 2.52. The molecule has 1 aromatic rings. The fourth-order valence-electron chi connectivity index (χ4n) is 5.36. The molecule has 162 valence electrons. The number of carbonyl (C=O) groups is 3. The Morgan fingerprint density at radius 2 is 1.93 bits per heavy atom. The van der Waals surface area contributed by atoms with Crippen LogP contribution in [0.2, 0.25) is 0 Å². The summed E-state index contributed by atoms with van der Waals surface area (Å²) >= 11 is 0. The first-order chi connectivity index (χ1) is 14.5. The standard InChI is InChI=1S/C24H33N3O3/c1-18-9-7-10-19(17-18)20-11-3-2-6-15-26(20)21(28)12-8-16-27-22(29)24(25-23(27)30)13-4-5-14-24/h7,9-10,17,20H,2-6,8,11-16H2,1H3,(H,25,30). The van der Waals surface area contributed by atoms with E-state index in [1.165, 1.54) is 16.0 Å². The van der Waals surface area contributed by atoms with Crippen molar-refractivity contribution >= 4 is 17.8 Å². The predicted octanol–water partition coefficient (Wildman–Crippen LogP) is 4.08. The molecule has 3 aliphatic rings. The molecule has 1 unspecified atom stereocenters. The van der Waals surface area contributed by atoms with Crippen molar-refractivity contribution in [1.82, 2.24) is 15.1 Å². The van der Waals surface area contributed by atoms with Gasteiger partial charge in [0.1, 0.15) is 5.54 Å². The second kappa shape index (κ2) is 8.78. The van der Waals surface area contributed by atoms with Crippen molar-refractivity contribution in [3.63, 3.8) is 0 Å². The molecule has 1 saturated carbocycles. The van der Waals surface area contributed by atoms with Gasteiger partial charge in [0.15, 0.2) is 0 Å². The minimum absolute atomic E-state index is 0.0927. The predicted molar refractivity (Wildman–Crippen MR) is 115 cm³/mol. The van der Waals surface area contributed by atoms with Gasteiger partial charge in [0.2, 0.25) is 5.91 Å². The largest absolute Gasteiger partial charge is 0.336 e. The molecule has 2 aliphatic heterocycles. The third-order valence-electron chi connectivity index (χ3n) is 6.98. The van der Waals surface area contributed by atoms with Gasteiger partial charge in [-0.3, -0.25) is 14.5 Å². The lowest BCUT2D eigenvalue weighted by molar-refractivity contribution is -0.135. The molecule has 0 radical (unpaired) electrons. The lowest BCUT2D eigenvalue weighted by Crippen LogP contribution is -2.44. The monoisotopic (exact) mass is 411 g/mol. The Balaban J connectivity index is 1.37. The minimum Gasteiger partial charge on any atom is -0.336 e. The third kappa shape index (κ3) is 4.09. The van der Waals surface area contributed by atoms with E-state index < -0.39 is 5.54 Å². The average Bonchev–Trinajstić information content (AvgIpc) is 3.17. The molecule has 6 nitrogen and oxygen atoms in total. The van der Waals surface area contributed by atoms with Crippen LogP contribution in [0.4, 0.5) is 4.79 Å². The summed E-state index contributed by atoms with van der Waals surface area (Å²) in [5.41, 5.74) is 1.76. The smallest absolute Gasteiger partial charge is 0.325 e. The maximum atomic E-state index is 13.1. The molecule has 4 amide bonds. The Morgan fingerprint density at radius 1 is 1.13 bits per heavy atom. The van der Waals surface area contributed by atoms with Crippen molar-refractivity contribution in [1.29, 1.82) is 0 Å². The number of rotatable bonds is 5. The highest BCUT2D eigenvalue weighted by atomic mass is 16.2.